The van der Waals surface area contributed by atoms with Crippen LogP contribution in [0.2, 0.25) is 0 Å². The molecule has 0 aromatic heterocycles. The lowest BCUT2D eigenvalue weighted by molar-refractivity contribution is -0.139. The first-order chi connectivity index (χ1) is 14.0. The normalized spacial score (nSPS) is 21.2. The fourth-order valence-corrected chi connectivity index (χ4v) is 4.53. The van der Waals surface area contributed by atoms with Gasteiger partial charge in [-0.2, -0.15) is 0 Å². The Kier molecular flexibility index (Phi) is 5.85. The molecule has 1 aliphatic heterocycles. The number of halogens is 2. The van der Waals surface area contributed by atoms with Crippen molar-refractivity contribution in [2.75, 3.05) is 31.9 Å². The topological polar surface area (TPSA) is 40.6 Å². The van der Waals surface area contributed by atoms with Gasteiger partial charge in [0, 0.05) is 37.0 Å². The largest absolute Gasteiger partial charge is 0.339 e. The van der Waals surface area contributed by atoms with Crippen molar-refractivity contribution < 1.29 is 18.4 Å². The van der Waals surface area contributed by atoms with Crippen LogP contribution in [0.3, 0.4) is 0 Å². The van der Waals surface area contributed by atoms with E-state index in [1.165, 1.54) is 36.0 Å². The maximum absolute atomic E-state index is 13.1. The quantitative estimate of drug-likeness (QED) is 0.701. The summed E-state index contributed by atoms with van der Waals surface area (Å²) in [5, 5.41) is 0. The van der Waals surface area contributed by atoms with Gasteiger partial charge in [-0.1, -0.05) is 12.1 Å². The molecule has 2 aromatic rings. The first kappa shape index (κ1) is 19.9. The fraction of sp³-hybridized carbons (Fsp3) is 0.364. The molecular weight excluding hydrogens is 394 g/mol. The first-order valence-electron chi connectivity index (χ1n) is 9.71. The van der Waals surface area contributed by atoms with Crippen LogP contribution in [0.5, 0.6) is 0 Å². The molecule has 152 valence electrons. The van der Waals surface area contributed by atoms with E-state index in [4.69, 9.17) is 0 Å². The molecule has 1 saturated heterocycles. The van der Waals surface area contributed by atoms with Gasteiger partial charge in [-0.3, -0.25) is 9.59 Å². The second kappa shape index (κ2) is 8.53. The van der Waals surface area contributed by atoms with E-state index < -0.39 is 0 Å². The molecule has 1 aliphatic carbocycles. The van der Waals surface area contributed by atoms with Crippen LogP contribution in [0.25, 0.3) is 0 Å². The van der Waals surface area contributed by atoms with Crippen molar-refractivity contribution in [1.82, 2.24) is 9.80 Å². The summed E-state index contributed by atoms with van der Waals surface area (Å²) in [4.78, 5) is 29.6. The van der Waals surface area contributed by atoms with Gasteiger partial charge in [0.15, 0.2) is 0 Å². The monoisotopic (exact) mass is 416 g/mol. The summed E-state index contributed by atoms with van der Waals surface area (Å²) < 4.78 is 26.0. The molecule has 4 rings (SSSR count). The van der Waals surface area contributed by atoms with Crippen LogP contribution >= 0.6 is 11.8 Å². The Bertz CT molecular complexity index is 881. The van der Waals surface area contributed by atoms with Crippen molar-refractivity contribution in [3.63, 3.8) is 0 Å². The minimum Gasteiger partial charge on any atom is -0.339 e. The molecule has 2 aromatic carbocycles. The van der Waals surface area contributed by atoms with E-state index in [-0.39, 0.29) is 35.3 Å². The fourth-order valence-electron chi connectivity index (χ4n) is 3.72. The van der Waals surface area contributed by atoms with E-state index in [1.807, 2.05) is 4.90 Å². The molecule has 2 amide bonds. The highest BCUT2D eigenvalue weighted by Gasteiger charge is 2.46. The van der Waals surface area contributed by atoms with Crippen molar-refractivity contribution >= 4 is 23.6 Å². The Morgan fingerprint density at radius 1 is 0.862 bits per heavy atom. The van der Waals surface area contributed by atoms with E-state index in [0.29, 0.717) is 31.9 Å². The minimum atomic E-state index is -0.293. The van der Waals surface area contributed by atoms with Gasteiger partial charge in [-0.15, -0.1) is 11.8 Å². The number of thioether (sulfide) groups is 1. The van der Waals surface area contributed by atoms with Crippen LogP contribution in [0.15, 0.2) is 53.4 Å². The van der Waals surface area contributed by atoms with Crippen molar-refractivity contribution in [1.29, 1.82) is 0 Å². The highest BCUT2D eigenvalue weighted by atomic mass is 32.2. The predicted molar refractivity (Wildman–Crippen MR) is 108 cm³/mol. The molecule has 0 radical (unpaired) electrons. The third-order valence-electron chi connectivity index (χ3n) is 5.53. The van der Waals surface area contributed by atoms with Crippen molar-refractivity contribution in [3.8, 4) is 0 Å². The molecule has 2 aliphatic rings. The maximum atomic E-state index is 13.1. The summed E-state index contributed by atoms with van der Waals surface area (Å²) in [6.07, 6.45) is 0.803. The average Bonchev–Trinajstić information content (AvgIpc) is 3.54. The predicted octanol–water partition coefficient (Wildman–Crippen LogP) is 3.53. The number of nitrogens with zero attached hydrogens (tertiary/aromatic N) is 2. The molecule has 0 spiro atoms. The second-order valence-electron chi connectivity index (χ2n) is 7.45. The highest BCUT2D eigenvalue weighted by Crippen LogP contribution is 2.48. The van der Waals surface area contributed by atoms with Gasteiger partial charge in [0.25, 0.3) is 0 Å². The Morgan fingerprint density at radius 3 is 2.03 bits per heavy atom. The van der Waals surface area contributed by atoms with Gasteiger partial charge >= 0.3 is 0 Å². The van der Waals surface area contributed by atoms with E-state index in [0.717, 1.165) is 16.9 Å². The summed E-state index contributed by atoms with van der Waals surface area (Å²) in [7, 11) is 0. The van der Waals surface area contributed by atoms with Crippen molar-refractivity contribution in [2.24, 2.45) is 5.92 Å². The lowest BCUT2D eigenvalue weighted by atomic mass is 10.1. The van der Waals surface area contributed by atoms with Crippen LogP contribution < -0.4 is 0 Å². The van der Waals surface area contributed by atoms with Crippen LogP contribution in [0.1, 0.15) is 17.9 Å². The average molecular weight is 416 g/mol. The third kappa shape index (κ3) is 4.78. The zero-order chi connectivity index (χ0) is 20.4. The van der Waals surface area contributed by atoms with Crippen molar-refractivity contribution in [2.45, 2.75) is 17.2 Å². The lowest BCUT2D eigenvalue weighted by Gasteiger charge is -2.35. The lowest BCUT2D eigenvalue weighted by Crippen LogP contribution is -2.51. The smallest absolute Gasteiger partial charge is 0.233 e. The zero-order valence-electron chi connectivity index (χ0n) is 15.9. The van der Waals surface area contributed by atoms with E-state index in [9.17, 15) is 18.4 Å². The highest BCUT2D eigenvalue weighted by molar-refractivity contribution is 8.00. The Hall–Kier alpha value is -2.41. The number of hydrogen-bond donors (Lipinski definition) is 0. The first-order valence-corrected chi connectivity index (χ1v) is 10.7. The van der Waals surface area contributed by atoms with Gasteiger partial charge in [-0.25, -0.2) is 8.78 Å². The number of benzene rings is 2. The second-order valence-corrected chi connectivity index (χ2v) is 8.50. The molecule has 0 bridgehead atoms. The summed E-state index contributed by atoms with van der Waals surface area (Å²) in [5.41, 5.74) is 1.01. The van der Waals surface area contributed by atoms with Crippen LogP contribution in [-0.2, 0) is 9.59 Å². The standard InChI is InChI=1S/C22H22F2N2O2S/c23-16-3-1-15(2-4-16)19-13-20(19)22(28)26-11-9-25(10-12-26)21(27)14-29-18-7-5-17(24)6-8-18/h1-8,19-20H,9-14H2. The molecule has 0 N–H and O–H groups in total. The molecule has 4 nitrogen and oxygen atoms in total. The molecule has 7 heteroatoms. The van der Waals surface area contributed by atoms with Gasteiger partial charge in [-0.05, 0) is 54.3 Å². The Morgan fingerprint density at radius 2 is 1.41 bits per heavy atom. The maximum Gasteiger partial charge on any atom is 0.233 e. The Balaban J connectivity index is 1.23. The Labute approximate surface area is 172 Å². The summed E-state index contributed by atoms with van der Waals surface area (Å²) >= 11 is 1.39. The number of hydrogen-bond acceptors (Lipinski definition) is 3. The number of carbonyl (C=O) groups excluding carboxylic acids is 2. The van der Waals surface area contributed by atoms with Crippen molar-refractivity contribution in [3.05, 3.63) is 65.7 Å². The molecule has 2 atom stereocenters. The number of rotatable bonds is 5. The van der Waals surface area contributed by atoms with Gasteiger partial charge in [0.2, 0.25) is 11.8 Å². The van der Waals surface area contributed by atoms with Crippen LogP contribution in [-0.4, -0.2) is 53.5 Å². The third-order valence-corrected chi connectivity index (χ3v) is 6.52. The number of piperazine rings is 1. The summed E-state index contributed by atoms with van der Waals surface area (Å²) in [6, 6.07) is 12.5. The zero-order valence-corrected chi connectivity index (χ0v) is 16.7. The molecule has 29 heavy (non-hydrogen) atoms. The minimum absolute atomic E-state index is 0.0297. The van der Waals surface area contributed by atoms with E-state index >= 15 is 0 Å². The number of carbonyl (C=O) groups is 2. The SMILES string of the molecule is O=C(CSc1ccc(F)cc1)N1CCN(C(=O)C2CC2c2ccc(F)cc2)CC1. The van der Waals surface area contributed by atoms with E-state index in [1.54, 1.807) is 29.2 Å². The van der Waals surface area contributed by atoms with Crippen LogP contribution in [0, 0.1) is 17.6 Å². The van der Waals surface area contributed by atoms with Gasteiger partial charge in [0.05, 0.1) is 5.75 Å². The van der Waals surface area contributed by atoms with Gasteiger partial charge < -0.3 is 9.80 Å². The van der Waals surface area contributed by atoms with Crippen LogP contribution in [0.4, 0.5) is 8.78 Å². The van der Waals surface area contributed by atoms with E-state index in [2.05, 4.69) is 0 Å². The van der Waals surface area contributed by atoms with Gasteiger partial charge in [0.1, 0.15) is 11.6 Å². The molecular formula is C22H22F2N2O2S. The molecule has 2 fully saturated rings. The number of amides is 2. The summed E-state index contributed by atoms with van der Waals surface area (Å²) in [5.74, 6) is 0.0460. The molecule has 2 unspecified atom stereocenters. The summed E-state index contributed by atoms with van der Waals surface area (Å²) in [6.45, 7) is 2.14. The molecule has 1 heterocycles. The molecule has 1 saturated carbocycles.